The summed E-state index contributed by atoms with van der Waals surface area (Å²) in [7, 11) is 0. The van der Waals surface area contributed by atoms with Gasteiger partial charge < -0.3 is 14.6 Å². The number of rotatable bonds is 3. The van der Waals surface area contributed by atoms with Crippen molar-refractivity contribution in [3.05, 3.63) is 33.8 Å². The summed E-state index contributed by atoms with van der Waals surface area (Å²) in [5.74, 6) is -0.630. The van der Waals surface area contributed by atoms with E-state index in [0.29, 0.717) is 5.56 Å². The quantitative estimate of drug-likeness (QED) is 0.705. The molecule has 2 fully saturated rings. The van der Waals surface area contributed by atoms with E-state index in [1.54, 1.807) is 33.8 Å². The number of likely N-dealkylation sites (tertiary alicyclic amines) is 1. The lowest BCUT2D eigenvalue weighted by atomic mass is 9.78. The van der Waals surface area contributed by atoms with Crippen LogP contribution in [0.1, 0.15) is 39.7 Å². The molecule has 6 nitrogen and oxygen atoms in total. The fourth-order valence-corrected chi connectivity index (χ4v) is 4.48. The van der Waals surface area contributed by atoms with Gasteiger partial charge in [0, 0.05) is 6.54 Å². The van der Waals surface area contributed by atoms with Gasteiger partial charge in [0.15, 0.2) is 12.4 Å². The highest BCUT2D eigenvalue weighted by atomic mass is 35.5. The Morgan fingerprint density at radius 1 is 1.31 bits per heavy atom. The predicted molar refractivity (Wildman–Crippen MR) is 106 cm³/mol. The van der Waals surface area contributed by atoms with E-state index in [2.05, 4.69) is 0 Å². The molecule has 1 saturated carbocycles. The molecular formula is C20H24Cl2FNO5. The van der Waals surface area contributed by atoms with Gasteiger partial charge in [0.05, 0.1) is 27.5 Å². The van der Waals surface area contributed by atoms with Crippen LogP contribution >= 0.6 is 23.2 Å². The van der Waals surface area contributed by atoms with Crippen LogP contribution in [0.25, 0.3) is 0 Å². The molecular weight excluding hydrogens is 424 g/mol. The van der Waals surface area contributed by atoms with Crippen LogP contribution in [0.4, 0.5) is 9.18 Å². The monoisotopic (exact) mass is 447 g/mol. The number of piperidine rings is 1. The molecule has 1 aromatic carbocycles. The van der Waals surface area contributed by atoms with Gasteiger partial charge in [-0.05, 0) is 51.8 Å². The Morgan fingerprint density at radius 3 is 2.52 bits per heavy atom. The SMILES string of the molecule is CCOC(=O)C12CN(C(=O)OC(C)(C)C)C(O)C(F)C1(c1ccc(Cl)c(Cl)c1)C2. The van der Waals surface area contributed by atoms with Crippen LogP contribution in [-0.2, 0) is 19.7 Å². The summed E-state index contributed by atoms with van der Waals surface area (Å²) < 4.78 is 26.2. The van der Waals surface area contributed by atoms with Crippen LogP contribution in [-0.4, -0.2) is 53.2 Å². The molecule has 0 bridgehead atoms. The zero-order valence-electron chi connectivity index (χ0n) is 16.7. The van der Waals surface area contributed by atoms with E-state index < -0.39 is 40.9 Å². The number of halogens is 3. The largest absolute Gasteiger partial charge is 0.465 e. The number of fused-ring (bicyclic) bond motifs is 1. The Hall–Kier alpha value is -1.57. The number of benzene rings is 1. The van der Waals surface area contributed by atoms with Crippen molar-refractivity contribution in [3.63, 3.8) is 0 Å². The number of carbonyl (C=O) groups is 2. The summed E-state index contributed by atoms with van der Waals surface area (Å²) in [5.41, 5.74) is -3.14. The minimum Gasteiger partial charge on any atom is -0.465 e. The highest BCUT2D eigenvalue weighted by Crippen LogP contribution is 2.71. The van der Waals surface area contributed by atoms with Crippen molar-refractivity contribution in [1.29, 1.82) is 0 Å². The second-order valence-electron chi connectivity index (χ2n) is 8.50. The number of amides is 1. The molecule has 0 radical (unpaired) electrons. The van der Waals surface area contributed by atoms with Gasteiger partial charge in [-0.25, -0.2) is 9.18 Å². The number of hydrogen-bond donors (Lipinski definition) is 1. The van der Waals surface area contributed by atoms with E-state index in [4.69, 9.17) is 32.7 Å². The molecule has 29 heavy (non-hydrogen) atoms. The number of ether oxygens (including phenoxy) is 2. The molecule has 1 aromatic rings. The average Bonchev–Trinajstić information content (AvgIpc) is 3.31. The van der Waals surface area contributed by atoms with Crippen LogP contribution in [0.2, 0.25) is 10.0 Å². The van der Waals surface area contributed by atoms with Crippen LogP contribution in [0.15, 0.2) is 18.2 Å². The van der Waals surface area contributed by atoms with Crippen LogP contribution in [0, 0.1) is 5.41 Å². The van der Waals surface area contributed by atoms with Crippen LogP contribution < -0.4 is 0 Å². The number of aliphatic hydroxyl groups excluding tert-OH is 1. The van der Waals surface area contributed by atoms with E-state index >= 15 is 4.39 Å². The molecule has 3 rings (SSSR count). The molecule has 1 saturated heterocycles. The molecule has 9 heteroatoms. The third-order valence-electron chi connectivity index (χ3n) is 5.53. The van der Waals surface area contributed by atoms with Crippen LogP contribution in [0.5, 0.6) is 0 Å². The van der Waals surface area contributed by atoms with Crippen molar-refractivity contribution in [3.8, 4) is 0 Å². The van der Waals surface area contributed by atoms with Gasteiger partial charge in [-0.1, -0.05) is 29.3 Å². The van der Waals surface area contributed by atoms with E-state index in [0.717, 1.165) is 4.90 Å². The summed E-state index contributed by atoms with van der Waals surface area (Å²) >= 11 is 12.1. The molecule has 1 aliphatic carbocycles. The first-order valence-corrected chi connectivity index (χ1v) is 10.1. The lowest BCUT2D eigenvalue weighted by molar-refractivity contribution is -0.160. The van der Waals surface area contributed by atoms with Gasteiger partial charge in [-0.2, -0.15) is 0 Å². The summed E-state index contributed by atoms with van der Waals surface area (Å²) in [6.45, 7) is 6.49. The van der Waals surface area contributed by atoms with Crippen molar-refractivity contribution in [2.45, 2.75) is 57.5 Å². The summed E-state index contributed by atoms with van der Waals surface area (Å²) in [6, 6.07) is 4.59. The lowest BCUT2D eigenvalue weighted by Crippen LogP contribution is -2.60. The molecule has 1 heterocycles. The molecule has 1 amide bonds. The second kappa shape index (κ2) is 7.29. The van der Waals surface area contributed by atoms with Gasteiger partial charge >= 0.3 is 12.1 Å². The molecule has 1 aliphatic heterocycles. The molecule has 0 spiro atoms. The van der Waals surface area contributed by atoms with Crippen LogP contribution in [0.3, 0.4) is 0 Å². The highest BCUT2D eigenvalue weighted by molar-refractivity contribution is 6.42. The van der Waals surface area contributed by atoms with Crippen molar-refractivity contribution >= 4 is 35.3 Å². The fourth-order valence-electron chi connectivity index (χ4n) is 4.18. The highest BCUT2D eigenvalue weighted by Gasteiger charge is 2.81. The normalized spacial score (nSPS) is 31.1. The summed E-state index contributed by atoms with van der Waals surface area (Å²) in [6.07, 6.45) is -4.57. The Labute approximate surface area is 178 Å². The van der Waals surface area contributed by atoms with Crippen molar-refractivity contribution in [1.82, 2.24) is 4.90 Å². The van der Waals surface area contributed by atoms with Gasteiger partial charge in [-0.3, -0.25) is 9.69 Å². The number of aliphatic hydroxyl groups is 1. The van der Waals surface area contributed by atoms with Gasteiger partial charge in [0.25, 0.3) is 0 Å². The minimum atomic E-state index is -1.95. The molecule has 160 valence electrons. The number of nitrogens with zero attached hydrogens (tertiary/aromatic N) is 1. The predicted octanol–water partition coefficient (Wildman–Crippen LogP) is 4.09. The zero-order chi connectivity index (χ0) is 21.8. The smallest absolute Gasteiger partial charge is 0.412 e. The first-order valence-electron chi connectivity index (χ1n) is 9.34. The van der Waals surface area contributed by atoms with Crippen molar-refractivity contribution in [2.75, 3.05) is 13.2 Å². The number of carbonyl (C=O) groups excluding carboxylic acids is 2. The number of alkyl halides is 1. The standard InChI is InChI=1S/C20H24Cl2FNO5/c1-5-28-16(26)19-9-20(19,11-6-7-12(21)13(22)8-11)14(23)15(25)24(10-19)17(27)29-18(2,3)4/h6-8,14-15,25H,5,9-10H2,1-4H3. The first kappa shape index (κ1) is 22.1. The molecule has 0 aromatic heterocycles. The third kappa shape index (κ3) is 3.47. The van der Waals surface area contributed by atoms with E-state index in [-0.39, 0.29) is 29.6 Å². The summed E-state index contributed by atoms with van der Waals surface area (Å²) in [5, 5.41) is 11.1. The Morgan fingerprint density at radius 2 is 1.97 bits per heavy atom. The minimum absolute atomic E-state index is 0.0638. The molecule has 4 unspecified atom stereocenters. The Kier molecular flexibility index (Phi) is 5.56. The lowest BCUT2D eigenvalue weighted by Gasteiger charge is -2.42. The van der Waals surface area contributed by atoms with Gasteiger partial charge in [-0.15, -0.1) is 0 Å². The van der Waals surface area contributed by atoms with Crippen molar-refractivity contribution < 1.29 is 28.6 Å². The van der Waals surface area contributed by atoms with Gasteiger partial charge in [0.2, 0.25) is 0 Å². The number of esters is 1. The zero-order valence-corrected chi connectivity index (χ0v) is 18.2. The average molecular weight is 448 g/mol. The first-order chi connectivity index (χ1) is 13.4. The van der Waals surface area contributed by atoms with Crippen molar-refractivity contribution in [2.24, 2.45) is 5.41 Å². The van der Waals surface area contributed by atoms with E-state index in [1.807, 2.05) is 0 Å². The molecule has 4 atom stereocenters. The maximum Gasteiger partial charge on any atom is 0.412 e. The van der Waals surface area contributed by atoms with E-state index in [9.17, 15) is 14.7 Å². The molecule has 2 aliphatic rings. The maximum atomic E-state index is 15.7. The number of hydrogen-bond acceptors (Lipinski definition) is 5. The molecule has 1 N–H and O–H groups in total. The fraction of sp³-hybridized carbons (Fsp3) is 0.600. The summed E-state index contributed by atoms with van der Waals surface area (Å²) in [4.78, 5) is 26.3. The third-order valence-corrected chi connectivity index (χ3v) is 6.27. The van der Waals surface area contributed by atoms with Gasteiger partial charge in [0.1, 0.15) is 5.60 Å². The topological polar surface area (TPSA) is 76.1 Å². The second-order valence-corrected chi connectivity index (χ2v) is 9.32. The maximum absolute atomic E-state index is 15.7. The Balaban J connectivity index is 2.04. The van der Waals surface area contributed by atoms with E-state index in [1.165, 1.54) is 12.1 Å². The Bertz CT molecular complexity index is 845.